The lowest BCUT2D eigenvalue weighted by Gasteiger charge is -2.27. The molecule has 0 aromatic carbocycles. The minimum atomic E-state index is -0.451. The highest BCUT2D eigenvalue weighted by atomic mass is 19.1. The van der Waals surface area contributed by atoms with Crippen molar-refractivity contribution in [1.82, 2.24) is 4.98 Å². The van der Waals surface area contributed by atoms with Gasteiger partial charge in [-0.1, -0.05) is 0 Å². The van der Waals surface area contributed by atoms with Crippen LogP contribution in [0.3, 0.4) is 0 Å². The molecule has 4 nitrogen and oxygen atoms in total. The molecule has 0 aliphatic heterocycles. The number of esters is 1. The van der Waals surface area contributed by atoms with Crippen LogP contribution in [0.1, 0.15) is 25.7 Å². The molecule has 1 aliphatic carbocycles. The molecule has 5 heteroatoms. The Bertz CT molecular complexity index is 416. The predicted molar refractivity (Wildman–Crippen MR) is 62.6 cm³/mol. The van der Waals surface area contributed by atoms with Crippen LogP contribution in [0.4, 0.5) is 4.39 Å². The Kier molecular flexibility index (Phi) is 4.12. The second-order valence-electron chi connectivity index (χ2n) is 4.41. The Hall–Kier alpha value is -1.65. The summed E-state index contributed by atoms with van der Waals surface area (Å²) >= 11 is 0. The summed E-state index contributed by atoms with van der Waals surface area (Å²) in [5.41, 5.74) is 0. The van der Waals surface area contributed by atoms with Gasteiger partial charge < -0.3 is 9.47 Å². The predicted octanol–water partition coefficient (Wildman–Crippen LogP) is 2.33. The number of hydrogen-bond donors (Lipinski definition) is 0. The van der Waals surface area contributed by atoms with Gasteiger partial charge in [-0.3, -0.25) is 4.79 Å². The van der Waals surface area contributed by atoms with E-state index in [2.05, 4.69) is 4.98 Å². The summed E-state index contributed by atoms with van der Waals surface area (Å²) < 4.78 is 23.6. The van der Waals surface area contributed by atoms with Crippen LogP contribution in [-0.2, 0) is 9.53 Å². The van der Waals surface area contributed by atoms with E-state index in [9.17, 15) is 9.18 Å². The van der Waals surface area contributed by atoms with Gasteiger partial charge in [-0.05, 0) is 37.8 Å². The molecule has 1 fully saturated rings. The van der Waals surface area contributed by atoms with E-state index in [1.807, 2.05) is 0 Å². The van der Waals surface area contributed by atoms with E-state index in [-0.39, 0.29) is 23.9 Å². The van der Waals surface area contributed by atoms with E-state index in [0.717, 1.165) is 12.8 Å². The SMILES string of the molecule is COC(=O)[C@H]1CC[C@H](Oc2ncccc2F)CC1. The summed E-state index contributed by atoms with van der Waals surface area (Å²) in [5, 5.41) is 0. The van der Waals surface area contributed by atoms with E-state index < -0.39 is 5.82 Å². The van der Waals surface area contributed by atoms with Crippen molar-refractivity contribution in [2.75, 3.05) is 7.11 Å². The van der Waals surface area contributed by atoms with E-state index in [1.54, 1.807) is 0 Å². The second-order valence-corrected chi connectivity index (χ2v) is 4.41. The minimum Gasteiger partial charge on any atom is -0.472 e. The van der Waals surface area contributed by atoms with Crippen molar-refractivity contribution in [2.24, 2.45) is 5.92 Å². The van der Waals surface area contributed by atoms with Crippen molar-refractivity contribution < 1.29 is 18.7 Å². The lowest BCUT2D eigenvalue weighted by atomic mass is 9.87. The summed E-state index contributed by atoms with van der Waals surface area (Å²) in [6.45, 7) is 0. The van der Waals surface area contributed by atoms with Gasteiger partial charge in [0.1, 0.15) is 6.10 Å². The van der Waals surface area contributed by atoms with Crippen LogP contribution in [-0.4, -0.2) is 24.2 Å². The first-order valence-electron chi connectivity index (χ1n) is 6.05. The monoisotopic (exact) mass is 253 g/mol. The molecule has 18 heavy (non-hydrogen) atoms. The van der Waals surface area contributed by atoms with Crippen molar-refractivity contribution in [3.05, 3.63) is 24.1 Å². The topological polar surface area (TPSA) is 48.4 Å². The van der Waals surface area contributed by atoms with Crippen LogP contribution in [0.5, 0.6) is 5.88 Å². The van der Waals surface area contributed by atoms with Gasteiger partial charge in [0.25, 0.3) is 5.88 Å². The number of aromatic nitrogens is 1. The maximum absolute atomic E-state index is 13.3. The average molecular weight is 253 g/mol. The van der Waals surface area contributed by atoms with Gasteiger partial charge in [0.05, 0.1) is 13.0 Å². The normalized spacial score (nSPS) is 23.4. The lowest BCUT2D eigenvalue weighted by Crippen LogP contribution is -2.29. The number of pyridine rings is 1. The number of rotatable bonds is 3. The zero-order valence-corrected chi connectivity index (χ0v) is 10.3. The van der Waals surface area contributed by atoms with E-state index >= 15 is 0 Å². The molecule has 0 spiro atoms. The van der Waals surface area contributed by atoms with Crippen molar-refractivity contribution in [2.45, 2.75) is 31.8 Å². The Balaban J connectivity index is 1.87. The Morgan fingerprint density at radius 3 is 2.72 bits per heavy atom. The maximum atomic E-state index is 13.3. The Labute approximate surface area is 105 Å². The summed E-state index contributed by atoms with van der Waals surface area (Å²) in [4.78, 5) is 15.2. The van der Waals surface area contributed by atoms with Crippen molar-refractivity contribution in [1.29, 1.82) is 0 Å². The quantitative estimate of drug-likeness (QED) is 0.776. The third-order valence-electron chi connectivity index (χ3n) is 3.21. The van der Waals surface area contributed by atoms with E-state index in [0.29, 0.717) is 12.8 Å². The summed E-state index contributed by atoms with van der Waals surface area (Å²) in [7, 11) is 1.40. The van der Waals surface area contributed by atoms with Gasteiger partial charge in [0, 0.05) is 6.20 Å². The molecule has 0 amide bonds. The number of carbonyl (C=O) groups is 1. The molecule has 0 atom stereocenters. The zero-order valence-electron chi connectivity index (χ0n) is 10.3. The second kappa shape index (κ2) is 5.80. The molecular formula is C13H16FNO3. The molecule has 1 saturated carbocycles. The number of nitrogens with zero attached hydrogens (tertiary/aromatic N) is 1. The highest BCUT2D eigenvalue weighted by Gasteiger charge is 2.28. The van der Waals surface area contributed by atoms with Crippen molar-refractivity contribution in [3.63, 3.8) is 0 Å². The van der Waals surface area contributed by atoms with E-state index in [4.69, 9.17) is 9.47 Å². The highest BCUT2D eigenvalue weighted by Crippen LogP contribution is 2.28. The molecule has 1 aromatic rings. The van der Waals surface area contributed by atoms with Crippen LogP contribution in [0, 0.1) is 11.7 Å². The molecule has 1 aliphatic rings. The van der Waals surface area contributed by atoms with Crippen molar-refractivity contribution >= 4 is 5.97 Å². The fraction of sp³-hybridized carbons (Fsp3) is 0.538. The smallest absolute Gasteiger partial charge is 0.308 e. The van der Waals surface area contributed by atoms with Crippen molar-refractivity contribution in [3.8, 4) is 5.88 Å². The van der Waals surface area contributed by atoms with Gasteiger partial charge in [0.15, 0.2) is 5.82 Å². The van der Waals surface area contributed by atoms with Crippen LogP contribution in [0.15, 0.2) is 18.3 Å². The summed E-state index contributed by atoms with van der Waals surface area (Å²) in [6.07, 6.45) is 4.29. The van der Waals surface area contributed by atoms with Crippen LogP contribution < -0.4 is 4.74 Å². The summed E-state index contributed by atoms with van der Waals surface area (Å²) in [5.74, 6) is -0.632. The number of halogens is 1. The lowest BCUT2D eigenvalue weighted by molar-refractivity contribution is -0.147. The number of hydrogen-bond acceptors (Lipinski definition) is 4. The third-order valence-corrected chi connectivity index (χ3v) is 3.21. The Morgan fingerprint density at radius 2 is 2.11 bits per heavy atom. The van der Waals surface area contributed by atoms with E-state index in [1.165, 1.54) is 25.4 Å². The molecule has 0 bridgehead atoms. The fourth-order valence-corrected chi connectivity index (χ4v) is 2.20. The number of methoxy groups -OCH3 is 1. The molecule has 2 rings (SSSR count). The molecule has 0 N–H and O–H groups in total. The standard InChI is InChI=1S/C13H16FNO3/c1-17-13(16)9-4-6-10(7-5-9)18-12-11(14)3-2-8-15-12/h2-3,8-10H,4-7H2,1H3/t9-,10-. The zero-order chi connectivity index (χ0) is 13.0. The van der Waals surface area contributed by atoms with Gasteiger partial charge >= 0.3 is 5.97 Å². The van der Waals surface area contributed by atoms with Gasteiger partial charge in [-0.2, -0.15) is 0 Å². The first-order valence-corrected chi connectivity index (χ1v) is 6.05. The number of carbonyl (C=O) groups excluding carboxylic acids is 1. The summed E-state index contributed by atoms with van der Waals surface area (Å²) in [6, 6.07) is 2.85. The first-order chi connectivity index (χ1) is 8.70. The molecule has 0 unspecified atom stereocenters. The first kappa shape index (κ1) is 12.8. The molecule has 0 radical (unpaired) electrons. The maximum Gasteiger partial charge on any atom is 0.308 e. The average Bonchev–Trinajstić information content (AvgIpc) is 2.41. The molecule has 98 valence electrons. The Morgan fingerprint density at radius 1 is 1.39 bits per heavy atom. The number of ether oxygens (including phenoxy) is 2. The molecular weight excluding hydrogens is 237 g/mol. The van der Waals surface area contributed by atoms with Gasteiger partial charge in [0.2, 0.25) is 0 Å². The molecule has 1 heterocycles. The minimum absolute atomic E-state index is 0.0408. The molecule has 0 saturated heterocycles. The fourth-order valence-electron chi connectivity index (χ4n) is 2.20. The van der Waals surface area contributed by atoms with Gasteiger partial charge in [-0.25, -0.2) is 9.37 Å². The van der Waals surface area contributed by atoms with Crippen LogP contribution in [0.25, 0.3) is 0 Å². The van der Waals surface area contributed by atoms with Crippen LogP contribution >= 0.6 is 0 Å². The van der Waals surface area contributed by atoms with Gasteiger partial charge in [-0.15, -0.1) is 0 Å². The third kappa shape index (κ3) is 2.97. The molecule has 1 aromatic heterocycles. The van der Waals surface area contributed by atoms with Crippen LogP contribution in [0.2, 0.25) is 0 Å². The highest BCUT2D eigenvalue weighted by molar-refractivity contribution is 5.72. The largest absolute Gasteiger partial charge is 0.472 e.